The number of carbonyl (C=O) groups is 1. The van der Waals surface area contributed by atoms with Crippen LogP contribution in [0, 0.1) is 0 Å². The summed E-state index contributed by atoms with van der Waals surface area (Å²) in [6, 6.07) is 18.2. The predicted octanol–water partition coefficient (Wildman–Crippen LogP) is 5.04. The van der Waals surface area contributed by atoms with Gasteiger partial charge in [-0.15, -0.1) is 0 Å². The van der Waals surface area contributed by atoms with E-state index < -0.39 is 0 Å². The fraction of sp³-hybridized carbons (Fsp3) is 0. The highest BCUT2D eigenvalue weighted by Crippen LogP contribution is 2.19. The molecule has 0 radical (unpaired) electrons. The highest BCUT2D eigenvalue weighted by Gasteiger charge is 2.11. The first kappa shape index (κ1) is 21.8. The lowest BCUT2D eigenvalue weighted by molar-refractivity contribution is 0.102. The van der Waals surface area contributed by atoms with Gasteiger partial charge in [0.05, 0.1) is 5.56 Å². The van der Waals surface area contributed by atoms with E-state index in [9.17, 15) is 4.79 Å². The van der Waals surface area contributed by atoms with Crippen LogP contribution in [0.15, 0.2) is 91.6 Å². The summed E-state index contributed by atoms with van der Waals surface area (Å²) in [5.74, 6) is 1.36. The minimum atomic E-state index is -0.293. The number of aromatic nitrogens is 5. The third-order valence-corrected chi connectivity index (χ3v) is 4.90. The maximum atomic E-state index is 12.1. The number of anilines is 2. The summed E-state index contributed by atoms with van der Waals surface area (Å²) in [7, 11) is 0. The fourth-order valence-corrected chi connectivity index (χ4v) is 3.16. The number of imidazole rings is 2. The molecule has 8 nitrogen and oxygen atoms in total. The number of nitrogens with two attached hydrogens (primary N) is 1. The number of hydrogen-bond acceptors (Lipinski definition) is 5. The van der Waals surface area contributed by atoms with E-state index in [4.69, 9.17) is 17.3 Å². The van der Waals surface area contributed by atoms with E-state index in [1.807, 2.05) is 36.4 Å². The van der Waals surface area contributed by atoms with Crippen molar-refractivity contribution in [3.05, 3.63) is 102 Å². The molecule has 3 heterocycles. The molecule has 5 N–H and O–H groups in total. The Kier molecular flexibility index (Phi) is 6.77. The molecule has 0 aliphatic carbocycles. The van der Waals surface area contributed by atoms with E-state index in [0.717, 1.165) is 28.5 Å². The monoisotopic (exact) mass is 457 g/mol. The molecule has 9 heteroatoms. The van der Waals surface area contributed by atoms with Crippen LogP contribution in [0.4, 0.5) is 11.4 Å². The molecule has 0 atom stereocenters. The normalized spacial score (nSPS) is 10.2. The summed E-state index contributed by atoms with van der Waals surface area (Å²) < 4.78 is 0. The zero-order chi connectivity index (χ0) is 23.0. The first-order chi connectivity index (χ1) is 16.1. The maximum absolute atomic E-state index is 12.1. The quantitative estimate of drug-likeness (QED) is 0.222. The molecule has 0 aliphatic rings. The molecule has 0 bridgehead atoms. The molecule has 5 rings (SSSR count). The second-order valence-corrected chi connectivity index (χ2v) is 7.23. The van der Waals surface area contributed by atoms with Crippen molar-refractivity contribution in [1.82, 2.24) is 24.9 Å². The fourth-order valence-electron chi connectivity index (χ4n) is 2.95. The number of amides is 1. The molecule has 1 amide bonds. The van der Waals surface area contributed by atoms with Crippen LogP contribution in [0.5, 0.6) is 0 Å². The predicted molar refractivity (Wildman–Crippen MR) is 130 cm³/mol. The van der Waals surface area contributed by atoms with Crippen LogP contribution >= 0.6 is 11.6 Å². The van der Waals surface area contributed by atoms with E-state index in [1.54, 1.807) is 49.1 Å². The Labute approximate surface area is 194 Å². The number of hydrogen-bond donors (Lipinski definition) is 4. The Hall–Kier alpha value is -4.43. The molecule has 0 saturated heterocycles. The van der Waals surface area contributed by atoms with Crippen LogP contribution in [0.25, 0.3) is 22.8 Å². The molecule has 0 fully saturated rings. The summed E-state index contributed by atoms with van der Waals surface area (Å²) in [6.07, 6.45) is 8.51. The number of carbonyl (C=O) groups excluding carboxylic acids is 1. The standard InChI is InChI=1S/C15H11ClN4O.C9H9N3/c16-13-12(2-1-7-17-13)15(21)20-11-5-3-10(4-6-11)14-18-8-9-19-14;10-8-3-1-7(2-4-8)9-11-5-6-12-9/h1-9H,(H,18,19)(H,20,21);1-6H,10H2,(H,11,12). The van der Waals surface area contributed by atoms with Crippen molar-refractivity contribution in [3.8, 4) is 22.8 Å². The Morgan fingerprint density at radius 1 is 0.788 bits per heavy atom. The van der Waals surface area contributed by atoms with Gasteiger partial charge in [-0.1, -0.05) is 11.6 Å². The molecule has 0 aliphatic heterocycles. The van der Waals surface area contributed by atoms with Crippen molar-refractivity contribution in [2.75, 3.05) is 11.1 Å². The average molecular weight is 458 g/mol. The molecule has 33 heavy (non-hydrogen) atoms. The van der Waals surface area contributed by atoms with Crippen LogP contribution < -0.4 is 11.1 Å². The number of aromatic amines is 2. The molecular formula is C24H20ClN7O. The van der Waals surface area contributed by atoms with Crippen LogP contribution in [-0.4, -0.2) is 30.8 Å². The van der Waals surface area contributed by atoms with Crippen molar-refractivity contribution in [3.63, 3.8) is 0 Å². The van der Waals surface area contributed by atoms with Crippen molar-refractivity contribution in [2.45, 2.75) is 0 Å². The van der Waals surface area contributed by atoms with Gasteiger partial charge in [-0.2, -0.15) is 0 Å². The number of nitrogens with zero attached hydrogens (tertiary/aromatic N) is 3. The number of halogens is 1. The Bertz CT molecular complexity index is 1300. The van der Waals surface area contributed by atoms with Crippen molar-refractivity contribution in [2.24, 2.45) is 0 Å². The maximum Gasteiger partial charge on any atom is 0.258 e. The number of H-pyrrole nitrogens is 2. The van der Waals surface area contributed by atoms with E-state index in [0.29, 0.717) is 11.3 Å². The van der Waals surface area contributed by atoms with Gasteiger partial charge in [0.1, 0.15) is 16.8 Å². The highest BCUT2D eigenvalue weighted by molar-refractivity contribution is 6.33. The minimum absolute atomic E-state index is 0.183. The van der Waals surface area contributed by atoms with Crippen LogP contribution in [-0.2, 0) is 0 Å². The second-order valence-electron chi connectivity index (χ2n) is 6.87. The Balaban J connectivity index is 0.000000183. The Morgan fingerprint density at radius 2 is 1.36 bits per heavy atom. The van der Waals surface area contributed by atoms with Crippen LogP contribution in [0.1, 0.15) is 10.4 Å². The minimum Gasteiger partial charge on any atom is -0.399 e. The summed E-state index contributed by atoms with van der Waals surface area (Å²) >= 11 is 5.89. The van der Waals surface area contributed by atoms with Crippen molar-refractivity contribution in [1.29, 1.82) is 0 Å². The van der Waals surface area contributed by atoms with Gasteiger partial charge < -0.3 is 21.0 Å². The molecule has 2 aromatic carbocycles. The van der Waals surface area contributed by atoms with Crippen molar-refractivity contribution < 1.29 is 4.79 Å². The molecule has 0 saturated carbocycles. The molecule has 3 aromatic heterocycles. The topological polar surface area (TPSA) is 125 Å². The number of rotatable bonds is 4. The average Bonchev–Trinajstić information content (AvgIpc) is 3.56. The Morgan fingerprint density at radius 3 is 1.88 bits per heavy atom. The van der Waals surface area contributed by atoms with Gasteiger partial charge in [-0.25, -0.2) is 15.0 Å². The van der Waals surface area contributed by atoms with Crippen LogP contribution in [0.3, 0.4) is 0 Å². The van der Waals surface area contributed by atoms with Gasteiger partial charge >= 0.3 is 0 Å². The highest BCUT2D eigenvalue weighted by atomic mass is 35.5. The molecule has 0 spiro atoms. The summed E-state index contributed by atoms with van der Waals surface area (Å²) in [5.41, 5.74) is 9.33. The van der Waals surface area contributed by atoms with E-state index in [-0.39, 0.29) is 11.1 Å². The van der Waals surface area contributed by atoms with Crippen LogP contribution in [0.2, 0.25) is 5.15 Å². The third-order valence-electron chi connectivity index (χ3n) is 4.60. The van der Waals surface area contributed by atoms with Gasteiger partial charge in [0.25, 0.3) is 5.91 Å². The molecule has 164 valence electrons. The number of pyridine rings is 1. The van der Waals surface area contributed by atoms with Gasteiger partial charge in [-0.3, -0.25) is 4.79 Å². The third kappa shape index (κ3) is 5.63. The summed E-state index contributed by atoms with van der Waals surface area (Å²) in [5, 5.41) is 2.96. The number of benzene rings is 2. The van der Waals surface area contributed by atoms with Gasteiger partial charge in [0, 0.05) is 53.5 Å². The first-order valence-electron chi connectivity index (χ1n) is 9.97. The second kappa shape index (κ2) is 10.3. The van der Waals surface area contributed by atoms with E-state index in [2.05, 4.69) is 30.2 Å². The number of nitrogen functional groups attached to an aromatic ring is 1. The van der Waals surface area contributed by atoms with E-state index >= 15 is 0 Å². The lowest BCUT2D eigenvalue weighted by Crippen LogP contribution is -2.12. The lowest BCUT2D eigenvalue weighted by Gasteiger charge is -2.06. The van der Waals surface area contributed by atoms with Gasteiger partial charge in [-0.05, 0) is 60.7 Å². The summed E-state index contributed by atoms with van der Waals surface area (Å²) in [6.45, 7) is 0. The zero-order valence-corrected chi connectivity index (χ0v) is 18.1. The molecule has 0 unspecified atom stereocenters. The first-order valence-corrected chi connectivity index (χ1v) is 10.3. The number of nitrogens with one attached hydrogen (secondary N) is 3. The van der Waals surface area contributed by atoms with Gasteiger partial charge in [0.15, 0.2) is 0 Å². The SMILES string of the molecule is Nc1ccc(-c2ncc[nH]2)cc1.O=C(Nc1ccc(-c2ncc[nH]2)cc1)c1cccnc1Cl. The molecule has 5 aromatic rings. The zero-order valence-electron chi connectivity index (χ0n) is 17.4. The van der Waals surface area contributed by atoms with Crippen molar-refractivity contribution >= 4 is 28.9 Å². The van der Waals surface area contributed by atoms with E-state index in [1.165, 1.54) is 6.20 Å². The van der Waals surface area contributed by atoms with Gasteiger partial charge in [0.2, 0.25) is 0 Å². The largest absolute Gasteiger partial charge is 0.399 e. The lowest BCUT2D eigenvalue weighted by atomic mass is 10.2. The smallest absolute Gasteiger partial charge is 0.258 e. The molecular weight excluding hydrogens is 438 g/mol. The summed E-state index contributed by atoms with van der Waals surface area (Å²) in [4.78, 5) is 30.3.